The molecule has 1 heterocycles. The van der Waals surface area contributed by atoms with Crippen LogP contribution in [0.15, 0.2) is 59.8 Å². The number of nitrogens with zero attached hydrogens (tertiary/aromatic N) is 1. The fraction of sp³-hybridized carbons (Fsp3) is 0.333. The Balaban J connectivity index is 1.84. The number of esters is 1. The summed E-state index contributed by atoms with van der Waals surface area (Å²) in [6.45, 7) is 1.93. The first-order valence-corrected chi connectivity index (χ1v) is 10.2. The second kappa shape index (κ2) is 7.86. The van der Waals surface area contributed by atoms with Crippen LogP contribution in [0.5, 0.6) is 0 Å². The van der Waals surface area contributed by atoms with Gasteiger partial charge in [-0.05, 0) is 42.2 Å². The Morgan fingerprint density at radius 3 is 2.37 bits per heavy atom. The number of carbonyl (C=O) groups is 2. The minimum Gasteiger partial charge on any atom is -0.468 e. The summed E-state index contributed by atoms with van der Waals surface area (Å²) in [4.78, 5) is 28.0. The number of methoxy groups -OCH3 is 1. The van der Waals surface area contributed by atoms with Gasteiger partial charge >= 0.3 is 5.97 Å². The molecule has 0 fully saturated rings. The molecule has 2 aromatic carbocycles. The van der Waals surface area contributed by atoms with Crippen molar-refractivity contribution in [1.29, 1.82) is 0 Å². The number of ketones is 1. The minimum absolute atomic E-state index is 0.141. The van der Waals surface area contributed by atoms with Gasteiger partial charge in [0, 0.05) is 31.1 Å². The maximum absolute atomic E-state index is 13.6. The third kappa shape index (κ3) is 3.43. The lowest BCUT2D eigenvalue weighted by atomic mass is 9.75. The van der Waals surface area contributed by atoms with Crippen molar-refractivity contribution in [3.8, 4) is 0 Å². The normalized spacial score (nSPS) is 22.8. The molecule has 0 unspecified atom stereocenters. The molecular weight excluding hydrogens is 378 g/mol. The van der Waals surface area contributed by atoms with Gasteiger partial charge in [-0.2, -0.15) is 0 Å². The van der Waals surface area contributed by atoms with Gasteiger partial charge in [0.1, 0.15) is 5.92 Å². The average Bonchev–Trinajstić information content (AvgIpc) is 2.90. The Labute approximate surface area is 176 Å². The molecule has 3 atom stereocenters. The van der Waals surface area contributed by atoms with Crippen LogP contribution in [-0.4, -0.2) is 33.0 Å². The second-order valence-corrected chi connectivity index (χ2v) is 8.17. The lowest BCUT2D eigenvalue weighted by molar-refractivity contribution is -0.151. The molecule has 0 saturated carbocycles. The first-order valence-electron chi connectivity index (χ1n) is 10.2. The molecule has 0 amide bonds. The van der Waals surface area contributed by atoms with Crippen molar-refractivity contribution in [1.82, 2.24) is 0 Å². The topological polar surface area (TPSA) is 70.7 Å². The van der Waals surface area contributed by atoms with Crippen LogP contribution >= 0.6 is 0 Å². The fourth-order valence-electron chi connectivity index (χ4n) is 4.35. The Morgan fingerprint density at radius 1 is 1.07 bits per heavy atom. The van der Waals surface area contributed by atoms with E-state index >= 15 is 0 Å². The number of fused-ring (bicyclic) bond motifs is 1. The molecule has 1 aliphatic carbocycles. The molecule has 0 aromatic heterocycles. The second-order valence-electron chi connectivity index (χ2n) is 8.17. The predicted molar refractivity (Wildman–Crippen MR) is 119 cm³/mol. The van der Waals surface area contributed by atoms with Crippen LogP contribution in [0, 0.1) is 11.8 Å². The zero-order valence-corrected chi connectivity index (χ0v) is 17.7. The number of benzene rings is 2. The zero-order valence-electron chi connectivity index (χ0n) is 17.7. The highest BCUT2D eigenvalue weighted by Crippen LogP contribution is 2.43. The van der Waals surface area contributed by atoms with Crippen LogP contribution in [0.1, 0.15) is 24.9 Å². The Kier molecular flexibility index (Phi) is 5.24. The highest BCUT2D eigenvalue weighted by Gasteiger charge is 2.44. The molecule has 6 nitrogen and oxygen atoms in total. The first-order chi connectivity index (χ1) is 14.4. The SMILES string of the molecule is COC(=O)[C@@H]1C(=O)C2=C(C[C@H]1C)Nc1ccccc1N[C@H]2c1ccc(N(C)C)cc1. The van der Waals surface area contributed by atoms with E-state index in [0.29, 0.717) is 12.0 Å². The van der Waals surface area contributed by atoms with Crippen LogP contribution in [0.25, 0.3) is 0 Å². The number of hydrogen-bond acceptors (Lipinski definition) is 6. The minimum atomic E-state index is -0.790. The van der Waals surface area contributed by atoms with Crippen LogP contribution in [0.2, 0.25) is 0 Å². The third-order valence-corrected chi connectivity index (χ3v) is 5.97. The molecule has 2 aliphatic rings. The molecule has 4 rings (SSSR count). The highest BCUT2D eigenvalue weighted by molar-refractivity contribution is 6.11. The number of nitrogens with one attached hydrogen (secondary N) is 2. The van der Waals surface area contributed by atoms with Crippen LogP contribution in [-0.2, 0) is 14.3 Å². The van der Waals surface area contributed by atoms with Gasteiger partial charge in [-0.15, -0.1) is 0 Å². The quantitative estimate of drug-likeness (QED) is 0.595. The number of Topliss-reactive ketones (excluding diaryl/α,β-unsaturated/α-hetero) is 1. The maximum Gasteiger partial charge on any atom is 0.316 e. The van der Waals surface area contributed by atoms with Crippen molar-refractivity contribution in [3.63, 3.8) is 0 Å². The van der Waals surface area contributed by atoms with E-state index in [4.69, 9.17) is 4.74 Å². The lowest BCUT2D eigenvalue weighted by Crippen LogP contribution is -2.39. The van der Waals surface area contributed by atoms with Crippen molar-refractivity contribution < 1.29 is 14.3 Å². The van der Waals surface area contributed by atoms with Crippen molar-refractivity contribution >= 4 is 28.8 Å². The standard InChI is InChI=1S/C24H27N3O3/c1-14-13-19-21(23(28)20(14)24(29)30-4)22(15-9-11-16(12-10-15)27(2)3)26-18-8-6-5-7-17(18)25-19/h5-12,14,20,22,25-26H,13H2,1-4H3/t14-,20+,22+/m1/s1. The van der Waals surface area contributed by atoms with Gasteiger partial charge in [-0.3, -0.25) is 9.59 Å². The third-order valence-electron chi connectivity index (χ3n) is 5.97. The van der Waals surface area contributed by atoms with Gasteiger partial charge in [-0.25, -0.2) is 0 Å². The monoisotopic (exact) mass is 405 g/mol. The van der Waals surface area contributed by atoms with Crippen molar-refractivity contribution in [3.05, 3.63) is 65.4 Å². The number of para-hydroxylation sites is 2. The molecule has 2 aromatic rings. The number of rotatable bonds is 3. The maximum atomic E-state index is 13.6. The summed E-state index contributed by atoms with van der Waals surface area (Å²) >= 11 is 0. The average molecular weight is 405 g/mol. The molecule has 30 heavy (non-hydrogen) atoms. The van der Waals surface area contributed by atoms with Gasteiger partial charge in [0.25, 0.3) is 0 Å². The summed E-state index contributed by atoms with van der Waals surface area (Å²) in [5, 5.41) is 7.00. The smallest absolute Gasteiger partial charge is 0.316 e. The molecule has 0 spiro atoms. The van der Waals surface area contributed by atoms with Gasteiger partial charge in [0.2, 0.25) is 0 Å². The van der Waals surface area contributed by atoms with E-state index in [1.165, 1.54) is 7.11 Å². The molecule has 6 heteroatoms. The van der Waals surface area contributed by atoms with E-state index in [9.17, 15) is 9.59 Å². The van der Waals surface area contributed by atoms with E-state index in [1.54, 1.807) is 0 Å². The fourth-order valence-corrected chi connectivity index (χ4v) is 4.35. The summed E-state index contributed by atoms with van der Waals surface area (Å²) in [5.41, 5.74) is 5.37. The van der Waals surface area contributed by atoms with Gasteiger partial charge in [-0.1, -0.05) is 31.2 Å². The number of ether oxygens (including phenoxy) is 1. The molecule has 1 aliphatic heterocycles. The van der Waals surface area contributed by atoms with E-state index in [2.05, 4.69) is 10.6 Å². The number of allylic oxidation sites excluding steroid dienone is 1. The summed E-state index contributed by atoms with van der Waals surface area (Å²) in [6, 6.07) is 15.7. The van der Waals surface area contributed by atoms with Crippen molar-refractivity contribution in [2.24, 2.45) is 11.8 Å². The molecule has 0 bridgehead atoms. The first kappa shape index (κ1) is 20.0. The van der Waals surface area contributed by atoms with Crippen LogP contribution in [0.3, 0.4) is 0 Å². The van der Waals surface area contributed by atoms with Gasteiger partial charge < -0.3 is 20.3 Å². The number of anilines is 3. The van der Waals surface area contributed by atoms with E-state index in [0.717, 1.165) is 28.3 Å². The summed E-state index contributed by atoms with van der Waals surface area (Å²) < 4.78 is 4.96. The van der Waals surface area contributed by atoms with Crippen LogP contribution in [0.4, 0.5) is 17.1 Å². The summed E-state index contributed by atoms with van der Waals surface area (Å²) in [7, 11) is 5.32. The van der Waals surface area contributed by atoms with E-state index in [1.807, 2.05) is 74.4 Å². The lowest BCUT2D eigenvalue weighted by Gasteiger charge is -2.32. The van der Waals surface area contributed by atoms with E-state index in [-0.39, 0.29) is 17.7 Å². The van der Waals surface area contributed by atoms with Gasteiger partial charge in [0.05, 0.1) is 24.5 Å². The summed E-state index contributed by atoms with van der Waals surface area (Å²) in [6.07, 6.45) is 0.600. The Bertz CT molecular complexity index is 1010. The largest absolute Gasteiger partial charge is 0.468 e. The molecule has 0 radical (unpaired) electrons. The highest BCUT2D eigenvalue weighted by atomic mass is 16.5. The number of hydrogen-bond donors (Lipinski definition) is 2. The summed E-state index contributed by atoms with van der Waals surface area (Å²) in [5.74, 6) is -1.58. The zero-order chi connectivity index (χ0) is 21.4. The Hall–Kier alpha value is -3.28. The van der Waals surface area contributed by atoms with Crippen molar-refractivity contribution in [2.75, 3.05) is 36.7 Å². The van der Waals surface area contributed by atoms with E-state index < -0.39 is 11.9 Å². The molecule has 156 valence electrons. The van der Waals surface area contributed by atoms with Crippen molar-refractivity contribution in [2.45, 2.75) is 19.4 Å². The van der Waals surface area contributed by atoms with Gasteiger partial charge in [0.15, 0.2) is 5.78 Å². The number of carbonyl (C=O) groups excluding carboxylic acids is 2. The Morgan fingerprint density at radius 2 is 1.73 bits per heavy atom. The molecule has 0 saturated heterocycles. The predicted octanol–water partition coefficient (Wildman–Crippen LogP) is 3.98. The van der Waals surface area contributed by atoms with Crippen LogP contribution < -0.4 is 15.5 Å². The molecular formula is C24H27N3O3. The molecule has 2 N–H and O–H groups in total.